The molecule has 0 fully saturated rings. The Morgan fingerprint density at radius 1 is 1.08 bits per heavy atom. The van der Waals surface area contributed by atoms with E-state index < -0.39 is 12.6 Å². The van der Waals surface area contributed by atoms with Gasteiger partial charge in [-0.2, -0.15) is 27.9 Å². The van der Waals surface area contributed by atoms with Crippen LogP contribution >= 0.6 is 23.1 Å². The van der Waals surface area contributed by atoms with E-state index in [0.717, 1.165) is 26.6 Å². The van der Waals surface area contributed by atoms with Crippen molar-refractivity contribution >= 4 is 29.3 Å². The normalized spacial score (nSPS) is 11.2. The van der Waals surface area contributed by atoms with Crippen LogP contribution in [0.4, 0.5) is 17.6 Å². The molecule has 2 aromatic heterocycles. The van der Waals surface area contributed by atoms with Crippen LogP contribution in [0.25, 0.3) is 27.5 Å². The average molecular weight is 536 g/mol. The lowest BCUT2D eigenvalue weighted by atomic mass is 10.1. The van der Waals surface area contributed by atoms with Gasteiger partial charge < -0.3 is 0 Å². The highest BCUT2D eigenvalue weighted by Crippen LogP contribution is 2.40. The minimum atomic E-state index is -4.24. The first-order valence-corrected chi connectivity index (χ1v) is 12.4. The summed E-state index contributed by atoms with van der Waals surface area (Å²) < 4.78 is 54.4. The van der Waals surface area contributed by atoms with Gasteiger partial charge in [-0.1, -0.05) is 61.6 Å². The maximum absolute atomic E-state index is 13.7. The van der Waals surface area contributed by atoms with Crippen LogP contribution in [0.5, 0.6) is 0 Å². The van der Waals surface area contributed by atoms with Crippen molar-refractivity contribution in [1.29, 1.82) is 0 Å². The number of halogens is 4. The van der Waals surface area contributed by atoms with Crippen LogP contribution in [-0.4, -0.2) is 32.3 Å². The highest BCUT2D eigenvalue weighted by molar-refractivity contribution is 8.01. The van der Waals surface area contributed by atoms with Gasteiger partial charge in [-0.15, -0.1) is 11.8 Å². The van der Waals surface area contributed by atoms with Crippen LogP contribution in [0.15, 0.2) is 58.9 Å². The van der Waals surface area contributed by atoms with E-state index in [0.29, 0.717) is 16.1 Å². The van der Waals surface area contributed by atoms with Crippen LogP contribution in [0, 0.1) is 12.7 Å². The number of thiazole rings is 1. The van der Waals surface area contributed by atoms with E-state index in [9.17, 15) is 17.6 Å². The van der Waals surface area contributed by atoms with Gasteiger partial charge >= 0.3 is 12.3 Å². The number of thioether (sulfide) groups is 1. The number of nitrogens with zero attached hydrogens (tertiary/aromatic N) is 3. The van der Waals surface area contributed by atoms with Gasteiger partial charge in [0.05, 0.1) is 22.0 Å². The zero-order chi connectivity index (χ0) is 26.5. The number of benzene rings is 2. The molecule has 4 rings (SSSR count). The first kappa shape index (κ1) is 27.3. The second-order valence-electron chi connectivity index (χ2n) is 7.95. The number of aromatic nitrogens is 3. The molecular weight excluding hydrogens is 514 g/mol. The fourth-order valence-corrected chi connectivity index (χ4v) is 5.83. The molecule has 11 heteroatoms. The molecule has 0 unspecified atom stereocenters. The van der Waals surface area contributed by atoms with Gasteiger partial charge in [-0.25, -0.2) is 14.1 Å². The smallest absolute Gasteiger partial charge is 0.217 e. The fourth-order valence-electron chi connectivity index (χ4n) is 3.38. The van der Waals surface area contributed by atoms with E-state index in [-0.39, 0.29) is 17.5 Å². The number of carbonyl (C=O) groups excluding carboxylic acids is 2. The lowest BCUT2D eigenvalue weighted by molar-refractivity contribution is -0.191. The summed E-state index contributed by atoms with van der Waals surface area (Å²) in [5, 5.41) is 5.51. The number of rotatable bonds is 6. The molecule has 0 radical (unpaired) electrons. The van der Waals surface area contributed by atoms with Crippen molar-refractivity contribution in [2.24, 2.45) is 0 Å². The molecule has 0 aliphatic carbocycles. The molecule has 0 atom stereocenters. The van der Waals surface area contributed by atoms with Crippen molar-refractivity contribution < 1.29 is 27.2 Å². The number of aryl methyl sites for hydroxylation is 1. The zero-order valence-electron chi connectivity index (χ0n) is 19.5. The Kier molecular flexibility index (Phi) is 8.84. The van der Waals surface area contributed by atoms with Crippen molar-refractivity contribution in [1.82, 2.24) is 14.8 Å². The van der Waals surface area contributed by atoms with Gasteiger partial charge in [0.15, 0.2) is 0 Å². The third-order valence-corrected chi connectivity index (χ3v) is 7.05. The maximum Gasteiger partial charge on any atom is 0.393 e. The van der Waals surface area contributed by atoms with E-state index in [2.05, 4.69) is 18.9 Å². The van der Waals surface area contributed by atoms with Crippen LogP contribution in [0.1, 0.15) is 25.1 Å². The highest BCUT2D eigenvalue weighted by atomic mass is 32.2. The molecule has 0 amide bonds. The molecule has 0 aliphatic rings. The van der Waals surface area contributed by atoms with Crippen molar-refractivity contribution in [3.05, 3.63) is 71.8 Å². The molecule has 0 saturated carbocycles. The molecule has 4 aromatic rings. The Balaban J connectivity index is 0.00000115. The summed E-state index contributed by atoms with van der Waals surface area (Å²) in [6.07, 6.45) is -3.13. The monoisotopic (exact) mass is 535 g/mol. The van der Waals surface area contributed by atoms with E-state index in [4.69, 9.17) is 14.6 Å². The number of alkyl halides is 3. The van der Waals surface area contributed by atoms with E-state index in [1.165, 1.54) is 35.6 Å². The Morgan fingerprint density at radius 3 is 2.33 bits per heavy atom. The summed E-state index contributed by atoms with van der Waals surface area (Å²) in [7, 11) is 0. The summed E-state index contributed by atoms with van der Waals surface area (Å²) in [5.41, 5.74) is 3.95. The topological polar surface area (TPSA) is 64.8 Å². The predicted octanol–water partition coefficient (Wildman–Crippen LogP) is 7.13. The van der Waals surface area contributed by atoms with Gasteiger partial charge in [0, 0.05) is 22.6 Å². The molecule has 0 spiro atoms. The molecule has 188 valence electrons. The first-order valence-electron chi connectivity index (χ1n) is 10.7. The third kappa shape index (κ3) is 7.13. The van der Waals surface area contributed by atoms with Gasteiger partial charge in [-0.3, -0.25) is 0 Å². The molecule has 0 aliphatic heterocycles. The van der Waals surface area contributed by atoms with Crippen molar-refractivity contribution in [3.8, 4) is 27.5 Å². The molecule has 0 bridgehead atoms. The van der Waals surface area contributed by atoms with Crippen LogP contribution in [-0.2, 0) is 16.0 Å². The van der Waals surface area contributed by atoms with Gasteiger partial charge in [-0.05, 0) is 30.2 Å². The lowest BCUT2D eigenvalue weighted by Gasteiger charge is -2.08. The Bertz CT molecular complexity index is 1360. The first-order chi connectivity index (χ1) is 17.0. The summed E-state index contributed by atoms with van der Waals surface area (Å²) in [5.74, 6) is -0.319. The van der Waals surface area contributed by atoms with Crippen LogP contribution < -0.4 is 0 Å². The lowest BCUT2D eigenvalue weighted by Crippen LogP contribution is -2.11. The molecule has 2 aromatic carbocycles. The quantitative estimate of drug-likeness (QED) is 0.194. The highest BCUT2D eigenvalue weighted by Gasteiger charge is 2.27. The summed E-state index contributed by atoms with van der Waals surface area (Å²) in [6.45, 7) is 6.00. The standard InChI is InChI=1S/C24H21F4N3S2.CO2/c1-14(2)32-22-21(17-9-7-16(8-10-17)12-24(26,27)28)29-23(33-22)31-13-20(15(3)30-31)18-5-4-6-19(25)11-18;2-1-3/h4-11,13-14H,12H2,1-3H3;. The molecule has 5 nitrogen and oxygen atoms in total. The van der Waals surface area contributed by atoms with E-state index in [1.807, 2.05) is 19.2 Å². The Labute approximate surface area is 213 Å². The van der Waals surface area contributed by atoms with Crippen molar-refractivity contribution in [2.45, 2.75) is 42.8 Å². The van der Waals surface area contributed by atoms with Crippen molar-refractivity contribution in [2.75, 3.05) is 0 Å². The number of hydrogen-bond acceptors (Lipinski definition) is 6. The van der Waals surface area contributed by atoms with Gasteiger partial charge in [0.25, 0.3) is 0 Å². The third-order valence-electron chi connectivity index (χ3n) is 4.79. The van der Waals surface area contributed by atoms with E-state index in [1.54, 1.807) is 34.6 Å². The van der Waals surface area contributed by atoms with Crippen LogP contribution in [0.2, 0.25) is 0 Å². The summed E-state index contributed by atoms with van der Waals surface area (Å²) in [6, 6.07) is 12.7. The van der Waals surface area contributed by atoms with Crippen LogP contribution in [0.3, 0.4) is 0 Å². The fraction of sp³-hybridized carbons (Fsp3) is 0.240. The second kappa shape index (κ2) is 11.6. The second-order valence-corrected chi connectivity index (χ2v) is 10.8. The minimum absolute atomic E-state index is 0.210. The zero-order valence-corrected chi connectivity index (χ0v) is 21.1. The molecule has 0 saturated heterocycles. The number of hydrogen-bond donors (Lipinski definition) is 0. The SMILES string of the molecule is Cc1nn(-c2nc(-c3ccc(CC(F)(F)F)cc3)c(SC(C)C)s2)cc1-c1cccc(F)c1.O=C=O. The average Bonchev–Trinajstić information content (AvgIpc) is 3.37. The van der Waals surface area contributed by atoms with Gasteiger partial charge in [0.2, 0.25) is 5.13 Å². The summed E-state index contributed by atoms with van der Waals surface area (Å²) in [4.78, 5) is 21.0. The minimum Gasteiger partial charge on any atom is -0.217 e. The predicted molar refractivity (Wildman–Crippen MR) is 131 cm³/mol. The van der Waals surface area contributed by atoms with Gasteiger partial charge in [0.1, 0.15) is 5.82 Å². The van der Waals surface area contributed by atoms with E-state index >= 15 is 0 Å². The molecular formula is C25H21F4N3O2S2. The van der Waals surface area contributed by atoms with Crippen molar-refractivity contribution in [3.63, 3.8) is 0 Å². The largest absolute Gasteiger partial charge is 0.393 e. The summed E-state index contributed by atoms with van der Waals surface area (Å²) >= 11 is 3.11. The molecule has 2 heterocycles. The Morgan fingerprint density at radius 2 is 1.75 bits per heavy atom. The molecule has 36 heavy (non-hydrogen) atoms. The Hall–Kier alpha value is -3.27. The molecule has 0 N–H and O–H groups in total. The maximum atomic E-state index is 13.7.